The smallest absolute Gasteiger partial charge is 0.0931 e. The topological polar surface area (TPSA) is 33.6 Å². The van der Waals surface area contributed by atoms with Crippen molar-refractivity contribution in [2.45, 2.75) is 0 Å². The number of imidazole rings is 1. The summed E-state index contributed by atoms with van der Waals surface area (Å²) < 4.78 is 2.01. The molecule has 0 bridgehead atoms. The third-order valence-electron chi connectivity index (χ3n) is 2.25. The van der Waals surface area contributed by atoms with Crippen LogP contribution in [0.5, 0.6) is 0 Å². The van der Waals surface area contributed by atoms with Gasteiger partial charge in [-0.2, -0.15) is 0 Å². The average Bonchev–Trinajstić information content (AvgIpc) is 2.88. The van der Waals surface area contributed by atoms with Crippen molar-refractivity contribution in [2.24, 2.45) is 0 Å². The highest BCUT2D eigenvalue weighted by Gasteiger charge is 1.98. The van der Waals surface area contributed by atoms with Gasteiger partial charge in [0, 0.05) is 24.1 Å². The number of aromatic amines is 1. The van der Waals surface area contributed by atoms with Crippen LogP contribution in [0.4, 0.5) is 0 Å². The van der Waals surface area contributed by atoms with E-state index in [1.165, 1.54) is 0 Å². The van der Waals surface area contributed by atoms with Gasteiger partial charge in [0.25, 0.3) is 0 Å². The summed E-state index contributed by atoms with van der Waals surface area (Å²) in [5.74, 6) is 0. The SMILES string of the molecule is [c]1ccn(-c2ccc3[nH]cnc3c2)c1. The van der Waals surface area contributed by atoms with Crippen LogP contribution in [0.25, 0.3) is 16.7 Å². The number of fused-ring (bicyclic) bond motifs is 1. The van der Waals surface area contributed by atoms with E-state index in [0.29, 0.717) is 0 Å². The zero-order valence-corrected chi connectivity index (χ0v) is 7.44. The molecule has 0 aliphatic heterocycles. The highest BCUT2D eigenvalue weighted by Crippen LogP contribution is 2.14. The summed E-state index contributed by atoms with van der Waals surface area (Å²) in [4.78, 5) is 7.27. The lowest BCUT2D eigenvalue weighted by atomic mass is 10.3. The van der Waals surface area contributed by atoms with Gasteiger partial charge in [-0.05, 0) is 24.3 Å². The first-order valence-corrected chi connectivity index (χ1v) is 4.41. The van der Waals surface area contributed by atoms with Crippen LogP contribution in [0.3, 0.4) is 0 Å². The number of hydrogen-bond acceptors (Lipinski definition) is 1. The predicted octanol–water partition coefficient (Wildman–Crippen LogP) is 2.15. The Balaban J connectivity index is 2.23. The van der Waals surface area contributed by atoms with Crippen LogP contribution >= 0.6 is 0 Å². The zero-order valence-electron chi connectivity index (χ0n) is 7.44. The molecule has 1 N–H and O–H groups in total. The van der Waals surface area contributed by atoms with Gasteiger partial charge in [0.2, 0.25) is 0 Å². The van der Waals surface area contributed by atoms with E-state index in [1.807, 2.05) is 41.2 Å². The van der Waals surface area contributed by atoms with E-state index in [1.54, 1.807) is 6.33 Å². The standard InChI is InChI=1S/C11H8N3/c1-2-6-14(5-1)9-3-4-10-11(7-9)13-8-12-10/h1,3-8H,(H,12,13). The number of nitrogens with one attached hydrogen (secondary N) is 1. The second-order valence-electron chi connectivity index (χ2n) is 3.12. The number of rotatable bonds is 1. The number of nitrogens with zero attached hydrogens (tertiary/aromatic N) is 2. The van der Waals surface area contributed by atoms with Gasteiger partial charge in [-0.25, -0.2) is 4.98 Å². The van der Waals surface area contributed by atoms with E-state index in [-0.39, 0.29) is 0 Å². The van der Waals surface area contributed by atoms with Crippen molar-refractivity contribution in [1.82, 2.24) is 14.5 Å². The van der Waals surface area contributed by atoms with Crippen molar-refractivity contribution in [1.29, 1.82) is 0 Å². The largest absolute Gasteiger partial charge is 0.345 e. The Morgan fingerprint density at radius 1 is 1.36 bits per heavy atom. The molecule has 0 saturated heterocycles. The number of benzene rings is 1. The van der Waals surface area contributed by atoms with E-state index in [0.717, 1.165) is 16.7 Å². The second kappa shape index (κ2) is 2.73. The van der Waals surface area contributed by atoms with Crippen LogP contribution in [0.15, 0.2) is 43.0 Å². The highest BCUT2D eigenvalue weighted by atomic mass is 14.9. The minimum Gasteiger partial charge on any atom is -0.345 e. The summed E-state index contributed by atoms with van der Waals surface area (Å²) in [6.45, 7) is 0. The van der Waals surface area contributed by atoms with Gasteiger partial charge < -0.3 is 9.55 Å². The third kappa shape index (κ3) is 1.03. The predicted molar refractivity (Wildman–Crippen MR) is 54.3 cm³/mol. The molecule has 0 atom stereocenters. The van der Waals surface area contributed by atoms with E-state index in [2.05, 4.69) is 16.0 Å². The minimum absolute atomic E-state index is 0.983. The van der Waals surface area contributed by atoms with Gasteiger partial charge in [0.1, 0.15) is 0 Å². The fourth-order valence-electron chi connectivity index (χ4n) is 1.53. The molecule has 0 spiro atoms. The molecule has 3 heteroatoms. The Kier molecular flexibility index (Phi) is 1.44. The summed E-state index contributed by atoms with van der Waals surface area (Å²) in [6.07, 6.45) is 5.57. The van der Waals surface area contributed by atoms with Crippen LogP contribution in [0, 0.1) is 6.07 Å². The minimum atomic E-state index is 0.983. The first-order valence-electron chi connectivity index (χ1n) is 4.41. The van der Waals surface area contributed by atoms with Crippen molar-refractivity contribution >= 4 is 11.0 Å². The van der Waals surface area contributed by atoms with E-state index in [4.69, 9.17) is 0 Å². The molecule has 0 aliphatic rings. The molecular formula is C11H8N3. The first-order chi connectivity index (χ1) is 6.93. The van der Waals surface area contributed by atoms with E-state index in [9.17, 15) is 0 Å². The normalized spacial score (nSPS) is 10.9. The van der Waals surface area contributed by atoms with Crippen LogP contribution in [-0.2, 0) is 0 Å². The van der Waals surface area contributed by atoms with Crippen LogP contribution in [0.2, 0.25) is 0 Å². The lowest BCUT2D eigenvalue weighted by molar-refractivity contribution is 1.08. The summed E-state index contributed by atoms with van der Waals surface area (Å²) in [6, 6.07) is 11.0. The molecule has 0 aliphatic carbocycles. The Morgan fingerprint density at radius 2 is 2.36 bits per heavy atom. The molecule has 14 heavy (non-hydrogen) atoms. The van der Waals surface area contributed by atoms with E-state index >= 15 is 0 Å². The summed E-state index contributed by atoms with van der Waals surface area (Å²) in [5, 5.41) is 0. The monoisotopic (exact) mass is 182 g/mol. The van der Waals surface area contributed by atoms with Crippen molar-refractivity contribution in [3.8, 4) is 5.69 Å². The van der Waals surface area contributed by atoms with Crippen LogP contribution in [0.1, 0.15) is 0 Å². The van der Waals surface area contributed by atoms with Crippen molar-refractivity contribution in [3.63, 3.8) is 0 Å². The summed E-state index contributed by atoms with van der Waals surface area (Å²) in [5.41, 5.74) is 3.15. The molecule has 3 nitrogen and oxygen atoms in total. The molecule has 2 heterocycles. The van der Waals surface area contributed by atoms with Gasteiger partial charge in [-0.15, -0.1) is 0 Å². The van der Waals surface area contributed by atoms with Gasteiger partial charge >= 0.3 is 0 Å². The molecule has 0 unspecified atom stereocenters. The van der Waals surface area contributed by atoms with Gasteiger partial charge in [-0.1, -0.05) is 0 Å². The molecule has 1 radical (unpaired) electrons. The lowest BCUT2D eigenvalue weighted by Crippen LogP contribution is -1.88. The molecule has 3 rings (SSSR count). The fourth-order valence-corrected chi connectivity index (χ4v) is 1.53. The Bertz CT molecular complexity index is 549. The Hall–Kier alpha value is -2.03. The summed E-state index contributed by atoms with van der Waals surface area (Å²) in [7, 11) is 0. The highest BCUT2D eigenvalue weighted by molar-refractivity contribution is 5.76. The second-order valence-corrected chi connectivity index (χ2v) is 3.12. The molecule has 3 aromatic rings. The quantitative estimate of drug-likeness (QED) is 0.614. The molecule has 0 saturated carbocycles. The number of hydrogen-bond donors (Lipinski definition) is 1. The molecule has 0 amide bonds. The van der Waals surface area contributed by atoms with Crippen molar-refractivity contribution in [2.75, 3.05) is 0 Å². The molecular weight excluding hydrogens is 174 g/mol. The third-order valence-corrected chi connectivity index (χ3v) is 2.25. The zero-order chi connectivity index (χ0) is 9.38. The molecule has 2 aromatic heterocycles. The van der Waals surface area contributed by atoms with Crippen LogP contribution in [-0.4, -0.2) is 14.5 Å². The van der Waals surface area contributed by atoms with Crippen molar-refractivity contribution < 1.29 is 0 Å². The fraction of sp³-hybridized carbons (Fsp3) is 0. The number of aromatic nitrogens is 3. The lowest BCUT2D eigenvalue weighted by Gasteiger charge is -2.01. The average molecular weight is 182 g/mol. The molecule has 1 aromatic carbocycles. The molecule has 0 fully saturated rings. The van der Waals surface area contributed by atoms with Gasteiger partial charge in [0.15, 0.2) is 0 Å². The number of H-pyrrole nitrogens is 1. The van der Waals surface area contributed by atoms with Crippen LogP contribution < -0.4 is 0 Å². The first kappa shape index (κ1) is 7.38. The Labute approximate surface area is 81.0 Å². The van der Waals surface area contributed by atoms with Gasteiger partial charge in [-0.3, -0.25) is 0 Å². The maximum atomic E-state index is 4.21. The molecule has 67 valence electrons. The van der Waals surface area contributed by atoms with Gasteiger partial charge in [0.05, 0.1) is 17.4 Å². The Morgan fingerprint density at radius 3 is 3.21 bits per heavy atom. The maximum Gasteiger partial charge on any atom is 0.0931 e. The maximum absolute atomic E-state index is 4.21. The van der Waals surface area contributed by atoms with E-state index < -0.39 is 0 Å². The summed E-state index contributed by atoms with van der Waals surface area (Å²) >= 11 is 0. The van der Waals surface area contributed by atoms with Crippen molar-refractivity contribution in [3.05, 3.63) is 49.1 Å².